The number of carbonyl (C=O) groups is 2. The molecule has 1 aromatic rings. The summed E-state index contributed by atoms with van der Waals surface area (Å²) < 4.78 is 5.08. The van der Waals surface area contributed by atoms with Crippen molar-refractivity contribution in [3.8, 4) is 0 Å². The molecule has 5 heteroatoms. The van der Waals surface area contributed by atoms with Crippen molar-refractivity contribution in [3.63, 3.8) is 0 Å². The van der Waals surface area contributed by atoms with Gasteiger partial charge in [-0.25, -0.2) is 7.05 Å². The van der Waals surface area contributed by atoms with Crippen molar-refractivity contribution in [3.05, 3.63) is 42.9 Å². The molecule has 1 aliphatic heterocycles. The fourth-order valence-electron chi connectivity index (χ4n) is 0.988. The number of imide groups is 1. The molecule has 0 unspecified atom stereocenters. The van der Waals surface area contributed by atoms with Gasteiger partial charge >= 0.3 is 0 Å². The Balaban J connectivity index is 0.000000267. The van der Waals surface area contributed by atoms with Crippen LogP contribution in [0.25, 0.3) is 0 Å². The molecule has 0 saturated carbocycles. The number of amides is 2. The van der Waals surface area contributed by atoms with Crippen molar-refractivity contribution in [1.82, 2.24) is 4.90 Å². The Bertz CT molecular complexity index is 375. The van der Waals surface area contributed by atoms with Crippen LogP contribution >= 0.6 is 0 Å². The zero-order chi connectivity index (χ0) is 11.4. The van der Waals surface area contributed by atoms with Gasteiger partial charge in [-0.05, 0) is 26.0 Å². The minimum atomic E-state index is -0.352. The predicted molar refractivity (Wildman–Crippen MR) is 54.5 cm³/mol. The van der Waals surface area contributed by atoms with E-state index in [9.17, 15) is 9.59 Å². The zero-order valence-corrected chi connectivity index (χ0v) is 12.1. The molecule has 0 aromatic carbocycles. The van der Waals surface area contributed by atoms with Crippen molar-refractivity contribution in [1.29, 1.82) is 0 Å². The summed E-state index contributed by atoms with van der Waals surface area (Å²) in [6, 6.07) is 3.91. The minimum absolute atomic E-state index is 0. The van der Waals surface area contributed by atoms with Crippen molar-refractivity contribution in [2.75, 3.05) is 0 Å². The van der Waals surface area contributed by atoms with Crippen molar-refractivity contribution >= 4 is 11.8 Å². The Morgan fingerprint density at radius 3 is 1.56 bits per heavy atom. The van der Waals surface area contributed by atoms with Gasteiger partial charge in [0.15, 0.2) is 0 Å². The number of aryl methyl sites for hydroxylation is 2. The van der Waals surface area contributed by atoms with E-state index >= 15 is 0 Å². The van der Waals surface area contributed by atoms with Gasteiger partial charge in [0.25, 0.3) is 0 Å². The van der Waals surface area contributed by atoms with Gasteiger partial charge < -0.3 is 9.32 Å². The van der Waals surface area contributed by atoms with Crippen LogP contribution in [0, 0.1) is 20.9 Å². The number of hydrogen-bond donors (Lipinski definition) is 0. The zero-order valence-electron chi connectivity index (χ0n) is 9.27. The van der Waals surface area contributed by atoms with Crippen LogP contribution in [0.4, 0.5) is 0 Å². The van der Waals surface area contributed by atoms with E-state index in [1.165, 1.54) is 12.2 Å². The van der Waals surface area contributed by atoms with E-state index in [0.717, 1.165) is 16.4 Å². The molecule has 0 atom stereocenters. The maximum absolute atomic E-state index is 10.3. The fourth-order valence-corrected chi connectivity index (χ4v) is 0.988. The molecule has 2 amide bonds. The number of furan rings is 1. The molecule has 1 aliphatic rings. The Kier molecular flexibility index (Phi) is 6.45. The van der Waals surface area contributed by atoms with Crippen LogP contribution in [0.15, 0.2) is 28.7 Å². The van der Waals surface area contributed by atoms with Crippen LogP contribution in [-0.4, -0.2) is 16.7 Å². The SMILES string of the molecule is Cc1ccc(C)o1.[CH2-]N1C(=O)C=CC1=O.[Y]. The monoisotopic (exact) mass is 295 g/mol. The first kappa shape index (κ1) is 15.3. The second-order valence-electron chi connectivity index (χ2n) is 3.09. The quantitative estimate of drug-likeness (QED) is 0.539. The molecule has 16 heavy (non-hydrogen) atoms. The van der Waals surface area contributed by atoms with E-state index in [1.54, 1.807) is 0 Å². The minimum Gasteiger partial charge on any atom is -0.467 e. The molecule has 0 spiro atoms. The third-order valence-electron chi connectivity index (χ3n) is 1.78. The Morgan fingerprint density at radius 2 is 1.44 bits per heavy atom. The summed E-state index contributed by atoms with van der Waals surface area (Å²) in [5.41, 5.74) is 0. The summed E-state index contributed by atoms with van der Waals surface area (Å²) in [7, 11) is 3.17. The second-order valence-corrected chi connectivity index (χ2v) is 3.09. The summed E-state index contributed by atoms with van der Waals surface area (Å²) >= 11 is 0. The average molecular weight is 295 g/mol. The maximum atomic E-state index is 10.3. The molecule has 2 rings (SSSR count). The molecule has 0 N–H and O–H groups in total. The van der Waals surface area contributed by atoms with Gasteiger partial charge in [-0.1, -0.05) is 0 Å². The Labute approximate surface area is 120 Å². The third kappa shape index (κ3) is 4.41. The number of nitrogens with zero attached hydrogens (tertiary/aromatic N) is 1. The Morgan fingerprint density at radius 1 is 1.06 bits per heavy atom. The second kappa shape index (κ2) is 6.76. The molecular formula is C11H12NO3Y-. The fraction of sp³-hybridized carbons (Fsp3) is 0.182. The van der Waals surface area contributed by atoms with E-state index in [-0.39, 0.29) is 44.5 Å². The number of rotatable bonds is 0. The first-order valence-electron chi connectivity index (χ1n) is 4.40. The predicted octanol–water partition coefficient (Wildman–Crippen LogP) is 1.60. The van der Waals surface area contributed by atoms with E-state index in [2.05, 4.69) is 7.05 Å². The van der Waals surface area contributed by atoms with Crippen molar-refractivity contribution in [2.24, 2.45) is 0 Å². The summed E-state index contributed by atoms with van der Waals surface area (Å²) in [5.74, 6) is 1.26. The molecule has 0 fully saturated rings. The number of carbonyl (C=O) groups excluding carboxylic acids is 2. The molecule has 83 valence electrons. The van der Waals surface area contributed by atoms with Crippen LogP contribution in [0.1, 0.15) is 11.5 Å². The third-order valence-corrected chi connectivity index (χ3v) is 1.78. The molecule has 0 saturated heterocycles. The van der Waals surface area contributed by atoms with Gasteiger partial charge in [-0.2, -0.15) is 0 Å². The van der Waals surface area contributed by atoms with E-state index < -0.39 is 0 Å². The normalized spacial score (nSPS) is 13.3. The molecular weight excluding hydrogens is 283 g/mol. The van der Waals surface area contributed by atoms with E-state index in [4.69, 9.17) is 4.42 Å². The standard InChI is InChI=1S/C6H8O.C5H4NO2.Y/c1-5-3-4-6(2)7-5;1-6-4(7)2-3-5(6)8;/h3-4H,1-2H3;2-3H,1H2;/q;-1;. The van der Waals surface area contributed by atoms with Gasteiger partial charge in [0.05, 0.1) is 0 Å². The van der Waals surface area contributed by atoms with Crippen LogP contribution in [0.3, 0.4) is 0 Å². The van der Waals surface area contributed by atoms with Crippen molar-refractivity contribution < 1.29 is 46.7 Å². The Hall–Kier alpha value is -0.736. The van der Waals surface area contributed by atoms with Crippen LogP contribution in [0.5, 0.6) is 0 Å². The van der Waals surface area contributed by atoms with Crippen LogP contribution in [-0.2, 0) is 42.3 Å². The van der Waals surface area contributed by atoms with Crippen LogP contribution in [0.2, 0.25) is 0 Å². The van der Waals surface area contributed by atoms with Gasteiger partial charge in [0.1, 0.15) is 11.5 Å². The summed E-state index contributed by atoms with van der Waals surface area (Å²) in [5, 5.41) is 0. The summed E-state index contributed by atoms with van der Waals surface area (Å²) in [6.07, 6.45) is 2.38. The van der Waals surface area contributed by atoms with Gasteiger partial charge in [-0.15, -0.1) is 0 Å². The molecule has 2 heterocycles. The van der Waals surface area contributed by atoms with Crippen molar-refractivity contribution in [2.45, 2.75) is 13.8 Å². The first-order chi connectivity index (χ1) is 7.00. The maximum Gasteiger partial charge on any atom is 0.223 e. The van der Waals surface area contributed by atoms with E-state index in [1.807, 2.05) is 26.0 Å². The molecule has 0 bridgehead atoms. The molecule has 1 radical (unpaired) electrons. The van der Waals surface area contributed by atoms with Crippen LogP contribution < -0.4 is 0 Å². The molecule has 0 aliphatic carbocycles. The van der Waals surface area contributed by atoms with Gasteiger partial charge in [0, 0.05) is 44.9 Å². The number of hydrogen-bond acceptors (Lipinski definition) is 3. The smallest absolute Gasteiger partial charge is 0.223 e. The molecule has 4 nitrogen and oxygen atoms in total. The van der Waals surface area contributed by atoms with Gasteiger partial charge in [-0.3, -0.25) is 9.59 Å². The van der Waals surface area contributed by atoms with E-state index in [0.29, 0.717) is 0 Å². The van der Waals surface area contributed by atoms with Gasteiger partial charge in [0.2, 0.25) is 11.8 Å². The topological polar surface area (TPSA) is 50.5 Å². The summed E-state index contributed by atoms with van der Waals surface area (Å²) in [6.45, 7) is 3.88. The summed E-state index contributed by atoms with van der Waals surface area (Å²) in [4.78, 5) is 21.5. The molecule has 1 aromatic heterocycles. The largest absolute Gasteiger partial charge is 0.467 e. The average Bonchev–Trinajstić information content (AvgIpc) is 2.68. The first-order valence-corrected chi connectivity index (χ1v) is 4.40.